The molecule has 1 aliphatic rings. The second-order valence-corrected chi connectivity index (χ2v) is 21.4. The minimum absolute atomic E-state index is 0.121. The third kappa shape index (κ3) is 6.28. The molecule has 0 unspecified atom stereocenters. The van der Waals surface area contributed by atoms with Crippen molar-refractivity contribution < 1.29 is 13.6 Å². The molecule has 1 fully saturated rings. The van der Waals surface area contributed by atoms with E-state index in [1.54, 1.807) is 12.3 Å². The predicted octanol–water partition coefficient (Wildman–Crippen LogP) is 4.77. The highest BCUT2D eigenvalue weighted by molar-refractivity contribution is 6.74. The van der Waals surface area contributed by atoms with Crippen LogP contribution < -0.4 is 11.4 Å². The van der Waals surface area contributed by atoms with Gasteiger partial charge in [-0.2, -0.15) is 4.98 Å². The molecule has 3 atom stereocenters. The van der Waals surface area contributed by atoms with Gasteiger partial charge in [0, 0.05) is 25.1 Å². The fraction of sp³-hybridized carbons (Fsp3) is 0.818. The Morgan fingerprint density at radius 3 is 2.06 bits per heavy atom. The summed E-state index contributed by atoms with van der Waals surface area (Å²) in [5.41, 5.74) is 5.27. The van der Waals surface area contributed by atoms with Crippen molar-refractivity contribution in [2.24, 2.45) is 5.92 Å². The average molecular weight is 470 g/mol. The van der Waals surface area contributed by atoms with Gasteiger partial charge in [0.15, 0.2) is 16.6 Å². The molecule has 0 radical (unpaired) electrons. The minimum Gasteiger partial charge on any atom is -0.416 e. The normalized spacial score (nSPS) is 23.4. The third-order valence-corrected chi connectivity index (χ3v) is 16.4. The van der Waals surface area contributed by atoms with Gasteiger partial charge in [-0.15, -0.1) is 0 Å². The third-order valence-electron chi connectivity index (χ3n) is 7.40. The van der Waals surface area contributed by atoms with Crippen LogP contribution in [0.3, 0.4) is 0 Å². The molecule has 0 amide bonds. The van der Waals surface area contributed by atoms with E-state index in [0.717, 1.165) is 0 Å². The highest BCUT2D eigenvalue weighted by Gasteiger charge is 2.43. The maximum absolute atomic E-state index is 12.4. The van der Waals surface area contributed by atoms with Gasteiger partial charge in [0.1, 0.15) is 12.0 Å². The summed E-state index contributed by atoms with van der Waals surface area (Å²) in [6, 6.07) is 1.63. The molecule has 31 heavy (non-hydrogen) atoms. The maximum Gasteiger partial charge on any atom is 0.351 e. The van der Waals surface area contributed by atoms with E-state index in [4.69, 9.17) is 19.3 Å². The van der Waals surface area contributed by atoms with Crippen LogP contribution in [0.25, 0.3) is 0 Å². The van der Waals surface area contributed by atoms with E-state index in [1.165, 1.54) is 4.57 Å². The molecule has 2 heterocycles. The van der Waals surface area contributed by atoms with E-state index in [1.807, 2.05) is 0 Å². The Morgan fingerprint density at radius 2 is 1.58 bits per heavy atom. The summed E-state index contributed by atoms with van der Waals surface area (Å²) >= 11 is 0. The van der Waals surface area contributed by atoms with Gasteiger partial charge in [-0.25, -0.2) is 4.79 Å². The van der Waals surface area contributed by atoms with Gasteiger partial charge in [-0.3, -0.25) is 4.57 Å². The zero-order valence-electron chi connectivity index (χ0n) is 21.1. The predicted molar refractivity (Wildman–Crippen MR) is 131 cm³/mol. The molecule has 0 bridgehead atoms. The van der Waals surface area contributed by atoms with E-state index in [0.29, 0.717) is 19.6 Å². The number of nitrogens with two attached hydrogens (primary N) is 1. The van der Waals surface area contributed by atoms with Crippen molar-refractivity contribution in [3.05, 3.63) is 22.7 Å². The Labute approximate surface area is 189 Å². The first-order valence-electron chi connectivity index (χ1n) is 11.2. The monoisotopic (exact) mass is 469 g/mol. The van der Waals surface area contributed by atoms with E-state index in [-0.39, 0.29) is 39.8 Å². The Hall–Kier alpha value is -1.01. The van der Waals surface area contributed by atoms with Crippen molar-refractivity contribution in [3.63, 3.8) is 0 Å². The summed E-state index contributed by atoms with van der Waals surface area (Å²) in [4.78, 5) is 16.2. The van der Waals surface area contributed by atoms with Crippen LogP contribution in [-0.4, -0.2) is 45.5 Å². The number of anilines is 1. The Kier molecular flexibility index (Phi) is 7.70. The second-order valence-electron chi connectivity index (χ2n) is 11.8. The molecule has 1 aliphatic heterocycles. The molecule has 0 spiro atoms. The fourth-order valence-corrected chi connectivity index (χ4v) is 5.07. The SMILES string of the molecule is CC(C)(C)[Si](C)(C)OC[C@H]1C[C@H](n2ccc(N)nc2=O)O[C@@H]1CO[Si](C)(C)C(C)(C)C. The van der Waals surface area contributed by atoms with Gasteiger partial charge in [0.2, 0.25) is 0 Å². The molecule has 1 aromatic rings. The van der Waals surface area contributed by atoms with Gasteiger partial charge in [0.25, 0.3) is 0 Å². The highest BCUT2D eigenvalue weighted by atomic mass is 28.4. The van der Waals surface area contributed by atoms with Crippen LogP contribution in [0.1, 0.15) is 54.2 Å². The van der Waals surface area contributed by atoms with Crippen LogP contribution in [0, 0.1) is 5.92 Å². The molecular formula is C22H43N3O4Si2. The van der Waals surface area contributed by atoms with Crippen LogP contribution in [0.2, 0.25) is 36.3 Å². The van der Waals surface area contributed by atoms with Gasteiger partial charge in [-0.1, -0.05) is 41.5 Å². The van der Waals surface area contributed by atoms with Gasteiger partial charge >= 0.3 is 5.69 Å². The lowest BCUT2D eigenvalue weighted by molar-refractivity contribution is -0.0334. The van der Waals surface area contributed by atoms with Crippen LogP contribution in [0.15, 0.2) is 17.1 Å². The fourth-order valence-electron chi connectivity index (χ4n) is 2.99. The van der Waals surface area contributed by atoms with Gasteiger partial charge in [-0.05, 0) is 42.3 Å². The minimum atomic E-state index is -1.92. The molecule has 0 saturated carbocycles. The van der Waals surface area contributed by atoms with Crippen molar-refractivity contribution in [1.82, 2.24) is 9.55 Å². The van der Waals surface area contributed by atoms with Crippen molar-refractivity contribution in [2.45, 2.75) is 96.6 Å². The van der Waals surface area contributed by atoms with Crippen molar-refractivity contribution in [2.75, 3.05) is 18.9 Å². The lowest BCUT2D eigenvalue weighted by Gasteiger charge is -2.38. The molecule has 0 aromatic carbocycles. The molecule has 1 aromatic heterocycles. The first kappa shape index (κ1) is 26.2. The standard InChI is InChI=1S/C22H43N3O4Si2/c1-21(2,3)30(7,8)27-14-16-13-19(25-12-11-18(23)24-20(25)26)29-17(16)15-28-31(9,10)22(4,5)6/h11-12,16-17,19H,13-15H2,1-10H3,(H2,23,24,26)/t16-,17-,19-/m1/s1. The van der Waals surface area contributed by atoms with Crippen LogP contribution in [0.4, 0.5) is 5.82 Å². The summed E-state index contributed by atoms with van der Waals surface area (Å²) in [6.07, 6.45) is 1.83. The van der Waals surface area contributed by atoms with Gasteiger partial charge < -0.3 is 19.3 Å². The van der Waals surface area contributed by atoms with E-state index in [9.17, 15) is 4.79 Å². The number of hydrogen-bond acceptors (Lipinski definition) is 6. The van der Waals surface area contributed by atoms with Crippen molar-refractivity contribution >= 4 is 22.5 Å². The number of ether oxygens (including phenoxy) is 1. The summed E-state index contributed by atoms with van der Waals surface area (Å²) in [6.45, 7) is 23.5. The summed E-state index contributed by atoms with van der Waals surface area (Å²) in [7, 11) is -3.82. The van der Waals surface area contributed by atoms with E-state index in [2.05, 4.69) is 72.7 Å². The molecule has 1 saturated heterocycles. The number of nitrogens with zero attached hydrogens (tertiary/aromatic N) is 2. The summed E-state index contributed by atoms with van der Waals surface area (Å²) < 4.78 is 20.9. The largest absolute Gasteiger partial charge is 0.416 e. The molecule has 0 aliphatic carbocycles. The van der Waals surface area contributed by atoms with Gasteiger partial charge in [0.05, 0.1) is 12.7 Å². The highest BCUT2D eigenvalue weighted by Crippen LogP contribution is 2.41. The van der Waals surface area contributed by atoms with Crippen molar-refractivity contribution in [1.29, 1.82) is 0 Å². The summed E-state index contributed by atoms with van der Waals surface area (Å²) in [5, 5.41) is 0.257. The molecule has 178 valence electrons. The number of nitrogen functional groups attached to an aromatic ring is 1. The number of rotatable bonds is 7. The first-order chi connectivity index (χ1) is 13.9. The average Bonchev–Trinajstić information content (AvgIpc) is 2.99. The number of aromatic nitrogens is 2. The zero-order chi connectivity index (χ0) is 23.8. The maximum atomic E-state index is 12.4. The lowest BCUT2D eigenvalue weighted by Crippen LogP contribution is -2.45. The number of hydrogen-bond donors (Lipinski definition) is 1. The zero-order valence-corrected chi connectivity index (χ0v) is 23.1. The quantitative estimate of drug-likeness (QED) is 0.579. The summed E-state index contributed by atoms with van der Waals surface area (Å²) in [5.74, 6) is 0.364. The van der Waals surface area contributed by atoms with Crippen molar-refractivity contribution in [3.8, 4) is 0 Å². The Balaban J connectivity index is 2.20. The van der Waals surface area contributed by atoms with E-state index >= 15 is 0 Å². The first-order valence-corrected chi connectivity index (χ1v) is 17.0. The molecule has 2 N–H and O–H groups in total. The van der Waals surface area contributed by atoms with Crippen LogP contribution in [-0.2, 0) is 13.6 Å². The Bertz CT molecular complexity index is 774. The molecule has 9 heteroatoms. The van der Waals surface area contributed by atoms with Crippen LogP contribution >= 0.6 is 0 Å². The Morgan fingerprint density at radius 1 is 1.06 bits per heavy atom. The smallest absolute Gasteiger partial charge is 0.351 e. The molecule has 7 nitrogen and oxygen atoms in total. The molecule has 2 rings (SSSR count). The topological polar surface area (TPSA) is 88.6 Å². The molecular weight excluding hydrogens is 426 g/mol. The lowest BCUT2D eigenvalue weighted by atomic mass is 10.0. The second kappa shape index (κ2) is 9.09. The van der Waals surface area contributed by atoms with E-state index < -0.39 is 16.6 Å². The van der Waals surface area contributed by atoms with Crippen LogP contribution in [0.5, 0.6) is 0 Å².